The molecule has 1 amide bonds. The molecule has 0 bridgehead atoms. The molecule has 0 aromatic heterocycles. The summed E-state index contributed by atoms with van der Waals surface area (Å²) in [5.41, 5.74) is 0.932. The van der Waals surface area contributed by atoms with Crippen LogP contribution in [0.1, 0.15) is 25.5 Å². The lowest BCUT2D eigenvalue weighted by atomic mass is 10.1. The highest BCUT2D eigenvalue weighted by Gasteiger charge is 2.14. The zero-order valence-electron chi connectivity index (χ0n) is 16.6. The number of aliphatic imine (C=N–C) groups is 1. The number of halogens is 1. The molecule has 1 unspecified atom stereocenters. The molecule has 0 radical (unpaired) electrons. The number of nitrogens with one attached hydrogen (secondary N) is 3. The van der Waals surface area contributed by atoms with Crippen LogP contribution in [0.25, 0.3) is 0 Å². The minimum atomic E-state index is -0.161. The SMILES string of the molecule is CCNC(=NCC(=O)NCCOC)NC(C)c1cc(OC)ccc1OC.I. The Morgan fingerprint density at radius 1 is 1.19 bits per heavy atom. The minimum absolute atomic E-state index is 0. The molecule has 1 aromatic rings. The number of amides is 1. The van der Waals surface area contributed by atoms with Crippen molar-refractivity contribution in [2.75, 3.05) is 47.6 Å². The molecule has 0 aliphatic heterocycles. The summed E-state index contributed by atoms with van der Waals surface area (Å²) in [5.74, 6) is 1.88. The Morgan fingerprint density at radius 2 is 1.93 bits per heavy atom. The van der Waals surface area contributed by atoms with Crippen molar-refractivity contribution in [2.45, 2.75) is 19.9 Å². The van der Waals surface area contributed by atoms with E-state index >= 15 is 0 Å². The quantitative estimate of drug-likeness (QED) is 0.199. The van der Waals surface area contributed by atoms with E-state index in [9.17, 15) is 4.79 Å². The van der Waals surface area contributed by atoms with Gasteiger partial charge in [-0.25, -0.2) is 4.99 Å². The van der Waals surface area contributed by atoms with Gasteiger partial charge in [-0.3, -0.25) is 4.79 Å². The maximum absolute atomic E-state index is 11.8. The van der Waals surface area contributed by atoms with Crippen LogP contribution < -0.4 is 25.4 Å². The van der Waals surface area contributed by atoms with Crippen molar-refractivity contribution in [2.24, 2.45) is 4.99 Å². The summed E-state index contributed by atoms with van der Waals surface area (Å²) in [4.78, 5) is 16.1. The fraction of sp³-hybridized carbons (Fsp3) is 0.556. The molecule has 0 aliphatic rings. The molecule has 3 N–H and O–H groups in total. The molecule has 9 heteroatoms. The third kappa shape index (κ3) is 9.14. The van der Waals surface area contributed by atoms with Crippen LogP contribution in [0, 0.1) is 0 Å². The topological polar surface area (TPSA) is 93.2 Å². The Kier molecular flexibility index (Phi) is 13.4. The van der Waals surface area contributed by atoms with E-state index in [0.717, 1.165) is 17.1 Å². The van der Waals surface area contributed by atoms with E-state index in [0.29, 0.717) is 25.7 Å². The van der Waals surface area contributed by atoms with Crippen LogP contribution in [-0.4, -0.2) is 59.4 Å². The summed E-state index contributed by atoms with van der Waals surface area (Å²) in [7, 11) is 4.84. The second-order valence-corrected chi connectivity index (χ2v) is 5.51. The highest BCUT2D eigenvalue weighted by Crippen LogP contribution is 2.29. The molecule has 0 saturated heterocycles. The minimum Gasteiger partial charge on any atom is -0.497 e. The number of carbonyl (C=O) groups is 1. The Labute approximate surface area is 178 Å². The number of methoxy groups -OCH3 is 3. The maximum Gasteiger partial charge on any atom is 0.241 e. The Bertz CT molecular complexity index is 599. The summed E-state index contributed by atoms with van der Waals surface area (Å²) in [6, 6.07) is 5.52. The van der Waals surface area contributed by atoms with Crippen molar-refractivity contribution in [1.29, 1.82) is 0 Å². The van der Waals surface area contributed by atoms with E-state index in [1.54, 1.807) is 21.3 Å². The van der Waals surface area contributed by atoms with Gasteiger partial charge in [-0.05, 0) is 32.0 Å². The van der Waals surface area contributed by atoms with E-state index in [2.05, 4.69) is 20.9 Å². The Hall–Kier alpha value is -1.75. The number of carbonyl (C=O) groups excluding carboxylic acids is 1. The maximum atomic E-state index is 11.8. The number of guanidine groups is 1. The number of rotatable bonds is 10. The summed E-state index contributed by atoms with van der Waals surface area (Å²) in [5, 5.41) is 9.15. The van der Waals surface area contributed by atoms with Crippen molar-refractivity contribution >= 4 is 35.8 Å². The van der Waals surface area contributed by atoms with E-state index < -0.39 is 0 Å². The molecule has 8 nitrogen and oxygen atoms in total. The van der Waals surface area contributed by atoms with Gasteiger partial charge in [-0.15, -0.1) is 24.0 Å². The van der Waals surface area contributed by atoms with Gasteiger partial charge < -0.3 is 30.2 Å². The lowest BCUT2D eigenvalue weighted by Crippen LogP contribution is -2.40. The van der Waals surface area contributed by atoms with Crippen LogP contribution in [0.15, 0.2) is 23.2 Å². The lowest BCUT2D eigenvalue weighted by molar-refractivity contribution is -0.119. The number of ether oxygens (including phenoxy) is 3. The lowest BCUT2D eigenvalue weighted by Gasteiger charge is -2.20. The monoisotopic (exact) mass is 494 g/mol. The number of hydrogen-bond donors (Lipinski definition) is 3. The molecule has 1 atom stereocenters. The predicted molar refractivity (Wildman–Crippen MR) is 117 cm³/mol. The zero-order chi connectivity index (χ0) is 19.4. The average molecular weight is 494 g/mol. The fourth-order valence-corrected chi connectivity index (χ4v) is 2.28. The normalized spacial score (nSPS) is 11.8. The first-order chi connectivity index (χ1) is 12.5. The van der Waals surface area contributed by atoms with E-state index in [4.69, 9.17) is 14.2 Å². The van der Waals surface area contributed by atoms with Crippen LogP contribution in [0.4, 0.5) is 0 Å². The van der Waals surface area contributed by atoms with Gasteiger partial charge in [-0.2, -0.15) is 0 Å². The summed E-state index contributed by atoms with van der Waals surface area (Å²) < 4.78 is 15.6. The first-order valence-corrected chi connectivity index (χ1v) is 8.58. The van der Waals surface area contributed by atoms with Crippen molar-refractivity contribution in [3.05, 3.63) is 23.8 Å². The second kappa shape index (κ2) is 14.3. The predicted octanol–water partition coefficient (Wildman–Crippen LogP) is 1.70. The highest BCUT2D eigenvalue weighted by atomic mass is 127. The Balaban J connectivity index is 0.00000676. The van der Waals surface area contributed by atoms with E-state index in [1.807, 2.05) is 32.0 Å². The first-order valence-electron chi connectivity index (χ1n) is 8.58. The van der Waals surface area contributed by atoms with Gasteiger partial charge in [0.1, 0.15) is 18.0 Å². The van der Waals surface area contributed by atoms with Crippen molar-refractivity contribution in [1.82, 2.24) is 16.0 Å². The third-order valence-corrected chi connectivity index (χ3v) is 3.61. The highest BCUT2D eigenvalue weighted by molar-refractivity contribution is 14.0. The zero-order valence-corrected chi connectivity index (χ0v) is 19.0. The van der Waals surface area contributed by atoms with Gasteiger partial charge in [0, 0.05) is 25.8 Å². The molecule has 1 aromatic carbocycles. The fourth-order valence-electron chi connectivity index (χ4n) is 2.28. The molecule has 154 valence electrons. The van der Waals surface area contributed by atoms with Crippen LogP contribution in [0.2, 0.25) is 0 Å². The standard InChI is InChI=1S/C18H30N4O4.HI/c1-6-19-18(21-12-17(23)20-9-10-24-3)22-13(2)15-11-14(25-4)7-8-16(15)26-5;/h7-8,11,13H,6,9-10,12H2,1-5H3,(H,20,23)(H2,19,21,22);1H. The number of nitrogens with zero attached hydrogens (tertiary/aromatic N) is 1. The van der Waals surface area contributed by atoms with Crippen molar-refractivity contribution in [3.63, 3.8) is 0 Å². The van der Waals surface area contributed by atoms with Crippen LogP contribution in [0.3, 0.4) is 0 Å². The second-order valence-electron chi connectivity index (χ2n) is 5.51. The van der Waals surface area contributed by atoms with Gasteiger partial charge in [0.25, 0.3) is 0 Å². The molecule has 0 fully saturated rings. The molecule has 0 saturated carbocycles. The van der Waals surface area contributed by atoms with Crippen LogP contribution in [-0.2, 0) is 9.53 Å². The summed E-state index contributed by atoms with van der Waals surface area (Å²) in [6.45, 7) is 5.60. The number of benzene rings is 1. The Morgan fingerprint density at radius 3 is 2.52 bits per heavy atom. The third-order valence-electron chi connectivity index (χ3n) is 3.61. The molecule has 1 rings (SSSR count). The molecule has 27 heavy (non-hydrogen) atoms. The first kappa shape index (κ1) is 25.2. The smallest absolute Gasteiger partial charge is 0.241 e. The summed E-state index contributed by atoms with van der Waals surface area (Å²) >= 11 is 0. The van der Waals surface area contributed by atoms with E-state index in [1.165, 1.54) is 0 Å². The van der Waals surface area contributed by atoms with Gasteiger partial charge in [0.15, 0.2) is 5.96 Å². The summed E-state index contributed by atoms with van der Waals surface area (Å²) in [6.07, 6.45) is 0. The molecule has 0 heterocycles. The van der Waals surface area contributed by atoms with Gasteiger partial charge in [0.05, 0.1) is 26.9 Å². The molecular weight excluding hydrogens is 463 g/mol. The average Bonchev–Trinajstić information content (AvgIpc) is 2.65. The molecule has 0 aliphatic carbocycles. The molecule has 0 spiro atoms. The van der Waals surface area contributed by atoms with Gasteiger partial charge >= 0.3 is 0 Å². The van der Waals surface area contributed by atoms with Gasteiger partial charge in [0.2, 0.25) is 5.91 Å². The van der Waals surface area contributed by atoms with Crippen molar-refractivity contribution in [3.8, 4) is 11.5 Å². The number of hydrogen-bond acceptors (Lipinski definition) is 5. The molecular formula is C18H31IN4O4. The largest absolute Gasteiger partial charge is 0.497 e. The van der Waals surface area contributed by atoms with E-state index in [-0.39, 0.29) is 42.5 Å². The van der Waals surface area contributed by atoms with Crippen molar-refractivity contribution < 1.29 is 19.0 Å². The van der Waals surface area contributed by atoms with Gasteiger partial charge in [-0.1, -0.05) is 0 Å². The van der Waals surface area contributed by atoms with Crippen LogP contribution >= 0.6 is 24.0 Å². The van der Waals surface area contributed by atoms with Crippen LogP contribution in [0.5, 0.6) is 11.5 Å².